The van der Waals surface area contributed by atoms with Crippen molar-refractivity contribution in [1.82, 2.24) is 0 Å². The number of hydrogen-bond donors (Lipinski definition) is 1. The van der Waals surface area contributed by atoms with Crippen molar-refractivity contribution in [3.05, 3.63) is 34.3 Å². The SMILES string of the molecule is COCCCC(CN)c1ccccc1Br. The highest BCUT2D eigenvalue weighted by Gasteiger charge is 2.11. The second kappa shape index (κ2) is 6.99. The van der Waals surface area contributed by atoms with E-state index in [1.807, 2.05) is 6.07 Å². The molecule has 2 N–H and O–H groups in total. The van der Waals surface area contributed by atoms with Gasteiger partial charge in [0.15, 0.2) is 0 Å². The normalized spacial score (nSPS) is 12.7. The lowest BCUT2D eigenvalue weighted by Gasteiger charge is -2.16. The Hall–Kier alpha value is -0.380. The molecule has 1 atom stereocenters. The molecule has 0 radical (unpaired) electrons. The van der Waals surface area contributed by atoms with Gasteiger partial charge >= 0.3 is 0 Å². The van der Waals surface area contributed by atoms with Crippen molar-refractivity contribution in [2.24, 2.45) is 5.73 Å². The van der Waals surface area contributed by atoms with Crippen molar-refractivity contribution in [3.63, 3.8) is 0 Å². The lowest BCUT2D eigenvalue weighted by molar-refractivity contribution is 0.190. The minimum Gasteiger partial charge on any atom is -0.385 e. The van der Waals surface area contributed by atoms with Crippen molar-refractivity contribution in [3.8, 4) is 0 Å². The predicted octanol–water partition coefficient (Wildman–Crippen LogP) is 2.92. The van der Waals surface area contributed by atoms with Gasteiger partial charge in [0, 0.05) is 18.2 Å². The summed E-state index contributed by atoms with van der Waals surface area (Å²) in [6.07, 6.45) is 2.13. The van der Waals surface area contributed by atoms with Gasteiger partial charge in [0.05, 0.1) is 0 Å². The summed E-state index contributed by atoms with van der Waals surface area (Å²) in [5.41, 5.74) is 7.10. The molecule has 0 aliphatic rings. The second-order valence-electron chi connectivity index (χ2n) is 3.59. The average molecular weight is 272 g/mol. The number of benzene rings is 1. The zero-order valence-corrected chi connectivity index (χ0v) is 10.7. The highest BCUT2D eigenvalue weighted by Crippen LogP contribution is 2.27. The summed E-state index contributed by atoms with van der Waals surface area (Å²) in [5.74, 6) is 0.427. The van der Waals surface area contributed by atoms with Crippen LogP contribution in [0.2, 0.25) is 0 Å². The standard InChI is InChI=1S/C12H18BrNO/c1-15-8-4-5-10(9-14)11-6-2-3-7-12(11)13/h2-3,6-7,10H,4-5,8-9,14H2,1H3. The second-order valence-corrected chi connectivity index (χ2v) is 4.44. The van der Waals surface area contributed by atoms with Gasteiger partial charge in [0.2, 0.25) is 0 Å². The molecule has 0 spiro atoms. The Labute approximate surface area is 99.9 Å². The van der Waals surface area contributed by atoms with Gasteiger partial charge in [0.1, 0.15) is 0 Å². The fourth-order valence-corrected chi connectivity index (χ4v) is 2.29. The van der Waals surface area contributed by atoms with Crippen LogP contribution >= 0.6 is 15.9 Å². The first-order valence-corrected chi connectivity index (χ1v) is 6.02. The van der Waals surface area contributed by atoms with Gasteiger partial charge < -0.3 is 10.5 Å². The molecule has 0 bridgehead atoms. The first-order chi connectivity index (χ1) is 7.29. The molecular formula is C12H18BrNO. The van der Waals surface area contributed by atoms with E-state index in [0.29, 0.717) is 12.5 Å². The fraction of sp³-hybridized carbons (Fsp3) is 0.500. The summed E-state index contributed by atoms with van der Waals surface area (Å²) in [4.78, 5) is 0. The molecule has 84 valence electrons. The van der Waals surface area contributed by atoms with Crippen LogP contribution in [0.5, 0.6) is 0 Å². The molecule has 1 rings (SSSR count). The molecule has 0 saturated heterocycles. The number of ether oxygens (including phenoxy) is 1. The van der Waals surface area contributed by atoms with Crippen molar-refractivity contribution in [1.29, 1.82) is 0 Å². The number of halogens is 1. The van der Waals surface area contributed by atoms with E-state index in [0.717, 1.165) is 23.9 Å². The number of hydrogen-bond acceptors (Lipinski definition) is 2. The molecule has 0 aliphatic carbocycles. The van der Waals surface area contributed by atoms with Crippen molar-refractivity contribution in [2.45, 2.75) is 18.8 Å². The highest BCUT2D eigenvalue weighted by atomic mass is 79.9. The number of rotatable bonds is 6. The number of methoxy groups -OCH3 is 1. The Balaban J connectivity index is 2.61. The zero-order chi connectivity index (χ0) is 11.1. The van der Waals surface area contributed by atoms with E-state index in [2.05, 4.69) is 34.1 Å². The molecule has 15 heavy (non-hydrogen) atoms. The Kier molecular flexibility index (Phi) is 5.91. The quantitative estimate of drug-likeness (QED) is 0.808. The first kappa shape index (κ1) is 12.7. The Morgan fingerprint density at radius 3 is 2.73 bits per heavy atom. The first-order valence-electron chi connectivity index (χ1n) is 5.23. The summed E-state index contributed by atoms with van der Waals surface area (Å²) in [6.45, 7) is 1.49. The highest BCUT2D eigenvalue weighted by molar-refractivity contribution is 9.10. The van der Waals surface area contributed by atoms with Crippen LogP contribution in [0.25, 0.3) is 0 Å². The molecule has 1 aromatic rings. The third-order valence-electron chi connectivity index (χ3n) is 2.53. The molecule has 0 fully saturated rings. The molecule has 0 heterocycles. The van der Waals surface area contributed by atoms with E-state index < -0.39 is 0 Å². The van der Waals surface area contributed by atoms with Crippen molar-refractivity contribution >= 4 is 15.9 Å². The van der Waals surface area contributed by atoms with Crippen LogP contribution in [-0.4, -0.2) is 20.3 Å². The van der Waals surface area contributed by atoms with Gasteiger partial charge in [-0.3, -0.25) is 0 Å². The summed E-state index contributed by atoms with van der Waals surface area (Å²) in [6, 6.07) is 8.28. The number of nitrogens with two attached hydrogens (primary N) is 1. The molecule has 1 unspecified atom stereocenters. The fourth-order valence-electron chi connectivity index (χ4n) is 1.68. The monoisotopic (exact) mass is 271 g/mol. The maximum Gasteiger partial charge on any atom is 0.0462 e. The van der Waals surface area contributed by atoms with Gasteiger partial charge in [0.25, 0.3) is 0 Å². The zero-order valence-electron chi connectivity index (χ0n) is 9.08. The molecule has 0 aliphatic heterocycles. The minimum absolute atomic E-state index is 0.427. The van der Waals surface area contributed by atoms with Crippen molar-refractivity contribution < 1.29 is 4.74 Å². The summed E-state index contributed by atoms with van der Waals surface area (Å²) in [5, 5.41) is 0. The van der Waals surface area contributed by atoms with Crippen molar-refractivity contribution in [2.75, 3.05) is 20.3 Å². The maximum atomic E-state index is 5.79. The van der Waals surface area contributed by atoms with Crippen LogP contribution in [0.3, 0.4) is 0 Å². The van der Waals surface area contributed by atoms with Crippen LogP contribution in [0, 0.1) is 0 Å². The third kappa shape index (κ3) is 3.93. The van der Waals surface area contributed by atoms with Gasteiger partial charge in [-0.05, 0) is 36.9 Å². The van der Waals surface area contributed by atoms with E-state index in [1.54, 1.807) is 7.11 Å². The predicted molar refractivity (Wildman–Crippen MR) is 67.0 cm³/mol. The van der Waals surface area contributed by atoms with Crippen LogP contribution < -0.4 is 5.73 Å². The van der Waals surface area contributed by atoms with Gasteiger partial charge in [-0.25, -0.2) is 0 Å². The molecule has 0 amide bonds. The molecule has 1 aromatic carbocycles. The molecule has 0 saturated carbocycles. The molecule has 2 nitrogen and oxygen atoms in total. The molecule has 0 aromatic heterocycles. The van der Waals surface area contributed by atoms with E-state index in [4.69, 9.17) is 10.5 Å². The Morgan fingerprint density at radius 2 is 2.13 bits per heavy atom. The van der Waals surface area contributed by atoms with E-state index in [-0.39, 0.29) is 0 Å². The van der Waals surface area contributed by atoms with Gasteiger partial charge in [-0.1, -0.05) is 34.1 Å². The Bertz CT molecular complexity index is 291. The minimum atomic E-state index is 0.427. The van der Waals surface area contributed by atoms with Gasteiger partial charge in [-0.15, -0.1) is 0 Å². The van der Waals surface area contributed by atoms with E-state index in [9.17, 15) is 0 Å². The summed E-state index contributed by atoms with van der Waals surface area (Å²) >= 11 is 3.56. The lowest BCUT2D eigenvalue weighted by Crippen LogP contribution is -2.13. The Morgan fingerprint density at radius 1 is 1.40 bits per heavy atom. The third-order valence-corrected chi connectivity index (χ3v) is 3.25. The lowest BCUT2D eigenvalue weighted by atomic mass is 9.94. The largest absolute Gasteiger partial charge is 0.385 e. The van der Waals surface area contributed by atoms with E-state index in [1.165, 1.54) is 5.56 Å². The molecule has 3 heteroatoms. The maximum absolute atomic E-state index is 5.79. The van der Waals surface area contributed by atoms with Gasteiger partial charge in [-0.2, -0.15) is 0 Å². The topological polar surface area (TPSA) is 35.2 Å². The summed E-state index contributed by atoms with van der Waals surface area (Å²) in [7, 11) is 1.73. The van der Waals surface area contributed by atoms with Crippen LogP contribution in [0.4, 0.5) is 0 Å². The van der Waals surface area contributed by atoms with Crippen LogP contribution in [-0.2, 0) is 4.74 Å². The van der Waals surface area contributed by atoms with Crippen LogP contribution in [0.1, 0.15) is 24.3 Å². The average Bonchev–Trinajstić information content (AvgIpc) is 2.26. The summed E-state index contributed by atoms with van der Waals surface area (Å²) < 4.78 is 6.20. The smallest absolute Gasteiger partial charge is 0.0462 e. The molecular weight excluding hydrogens is 254 g/mol. The van der Waals surface area contributed by atoms with E-state index >= 15 is 0 Å². The van der Waals surface area contributed by atoms with Crippen LogP contribution in [0.15, 0.2) is 28.7 Å².